The van der Waals surface area contributed by atoms with E-state index in [0.717, 1.165) is 25.0 Å². The second-order valence-electron chi connectivity index (χ2n) is 4.19. The number of thioether (sulfide) groups is 1. The number of carboxylic acid groups (broad SMARTS) is 1. The molecule has 21 heavy (non-hydrogen) atoms. The van der Waals surface area contributed by atoms with Gasteiger partial charge in [-0.05, 0) is 29.7 Å². The van der Waals surface area contributed by atoms with Crippen molar-refractivity contribution >= 4 is 61.6 Å². The first-order valence-electron chi connectivity index (χ1n) is 6.18. The zero-order chi connectivity index (χ0) is 14.7. The van der Waals surface area contributed by atoms with Crippen LogP contribution in [0.15, 0.2) is 41.8 Å². The van der Waals surface area contributed by atoms with Gasteiger partial charge in [-0.25, -0.2) is 4.98 Å². The Morgan fingerprint density at radius 2 is 2.14 bits per heavy atom. The summed E-state index contributed by atoms with van der Waals surface area (Å²) >= 11 is 4.53. The Balaban J connectivity index is 1.99. The fraction of sp³-hybridized carbons (Fsp3) is 0.0667. The van der Waals surface area contributed by atoms with E-state index in [-0.39, 0.29) is 5.75 Å². The van der Waals surface area contributed by atoms with Gasteiger partial charge in [0.25, 0.3) is 0 Å². The Morgan fingerprint density at radius 1 is 1.29 bits per heavy atom. The molecule has 0 atom stereocenters. The molecule has 0 aliphatic heterocycles. The summed E-state index contributed by atoms with van der Waals surface area (Å²) in [6.45, 7) is 0. The van der Waals surface area contributed by atoms with E-state index in [2.05, 4.69) is 4.98 Å². The van der Waals surface area contributed by atoms with Gasteiger partial charge in [-0.1, -0.05) is 18.2 Å². The van der Waals surface area contributed by atoms with Crippen LogP contribution in [0.1, 0.15) is 9.88 Å². The van der Waals surface area contributed by atoms with Gasteiger partial charge < -0.3 is 5.11 Å². The van der Waals surface area contributed by atoms with Crippen LogP contribution >= 0.6 is 34.4 Å². The quantitative estimate of drug-likeness (QED) is 0.737. The van der Waals surface area contributed by atoms with Gasteiger partial charge in [0.15, 0.2) is 0 Å². The van der Waals surface area contributed by atoms with Crippen molar-refractivity contribution in [2.45, 2.75) is 0 Å². The summed E-state index contributed by atoms with van der Waals surface area (Å²) in [4.78, 5) is 17.5. The topological polar surface area (TPSA) is 50.2 Å². The zero-order valence-corrected chi connectivity index (χ0v) is 13.3. The maximum Gasteiger partial charge on any atom is 0.313 e. The van der Waals surface area contributed by atoms with Crippen molar-refractivity contribution in [3.05, 3.63) is 51.7 Å². The normalized spacial score (nSPS) is 11.9. The molecule has 0 aliphatic rings. The number of hydrogen-bond donors (Lipinski definition) is 1. The molecule has 0 saturated carbocycles. The third-order valence-corrected chi connectivity index (χ3v) is 5.70. The van der Waals surface area contributed by atoms with Crippen LogP contribution in [-0.2, 0) is 4.79 Å². The van der Waals surface area contributed by atoms with Crippen LogP contribution < -0.4 is 0 Å². The molecule has 0 radical (unpaired) electrons. The number of aliphatic carboxylic acids is 1. The van der Waals surface area contributed by atoms with Crippen LogP contribution in [-0.4, -0.2) is 21.8 Å². The number of fused-ring (bicyclic) bond motifs is 1. The molecule has 1 aromatic carbocycles. The predicted octanol–water partition coefficient (Wildman–Crippen LogP) is 4.67. The van der Waals surface area contributed by atoms with Crippen LogP contribution in [0.3, 0.4) is 0 Å². The van der Waals surface area contributed by atoms with Crippen LogP contribution in [0.2, 0.25) is 0 Å². The lowest BCUT2D eigenvalue weighted by atomic mass is 10.3. The van der Waals surface area contributed by atoms with E-state index in [1.807, 2.05) is 47.9 Å². The molecule has 0 amide bonds. The molecule has 0 unspecified atom stereocenters. The first-order chi connectivity index (χ1) is 10.2. The fourth-order valence-corrected chi connectivity index (χ4v) is 4.35. The van der Waals surface area contributed by atoms with E-state index >= 15 is 0 Å². The van der Waals surface area contributed by atoms with Gasteiger partial charge in [-0.15, -0.1) is 34.4 Å². The number of carbonyl (C=O) groups is 1. The molecule has 0 saturated heterocycles. The molecule has 2 heterocycles. The maximum atomic E-state index is 10.8. The molecule has 1 N–H and O–H groups in total. The molecule has 0 fully saturated rings. The molecule has 0 spiro atoms. The lowest BCUT2D eigenvalue weighted by molar-refractivity contribution is -0.133. The summed E-state index contributed by atoms with van der Waals surface area (Å²) in [5.74, 6) is -0.786. The van der Waals surface area contributed by atoms with Crippen LogP contribution in [0.25, 0.3) is 21.2 Å². The highest BCUT2D eigenvalue weighted by Gasteiger charge is 2.11. The van der Waals surface area contributed by atoms with Gasteiger partial charge >= 0.3 is 5.97 Å². The molecular formula is C15H11NO2S3. The van der Waals surface area contributed by atoms with E-state index in [4.69, 9.17) is 5.11 Å². The largest absolute Gasteiger partial charge is 0.481 e. The average Bonchev–Trinajstić information content (AvgIpc) is 3.11. The SMILES string of the molecule is O=C(O)CS/C(=C\c1cccs1)c1nc2ccccc2s1. The zero-order valence-electron chi connectivity index (χ0n) is 10.9. The number of nitrogens with zero attached hydrogens (tertiary/aromatic N) is 1. The van der Waals surface area contributed by atoms with Gasteiger partial charge in [0.05, 0.1) is 16.0 Å². The van der Waals surface area contributed by atoms with Gasteiger partial charge in [-0.2, -0.15) is 0 Å². The van der Waals surface area contributed by atoms with Crippen molar-refractivity contribution < 1.29 is 9.90 Å². The van der Waals surface area contributed by atoms with E-state index in [1.165, 1.54) is 11.8 Å². The summed E-state index contributed by atoms with van der Waals surface area (Å²) in [7, 11) is 0. The van der Waals surface area contributed by atoms with Crippen LogP contribution in [0.5, 0.6) is 0 Å². The average molecular weight is 333 g/mol. The Hall–Kier alpha value is -1.63. The first-order valence-corrected chi connectivity index (χ1v) is 8.86. The Bertz CT molecular complexity index is 757. The number of aromatic nitrogens is 1. The van der Waals surface area contributed by atoms with Crippen molar-refractivity contribution in [1.82, 2.24) is 4.98 Å². The van der Waals surface area contributed by atoms with Crippen molar-refractivity contribution in [3.8, 4) is 0 Å². The minimum absolute atomic E-state index is 0.0349. The summed E-state index contributed by atoms with van der Waals surface area (Å²) < 4.78 is 1.11. The third-order valence-electron chi connectivity index (χ3n) is 2.67. The minimum Gasteiger partial charge on any atom is -0.481 e. The van der Waals surface area contributed by atoms with E-state index in [1.54, 1.807) is 22.7 Å². The Morgan fingerprint density at radius 3 is 2.86 bits per heavy atom. The van der Waals surface area contributed by atoms with E-state index in [0.29, 0.717) is 0 Å². The number of rotatable bonds is 5. The standard InChI is InChI=1S/C15H11NO2S3/c17-14(18)9-20-13(8-10-4-3-7-19-10)15-16-11-5-1-2-6-12(11)21-15/h1-8H,9H2,(H,17,18)/b13-8-. The molecule has 6 heteroatoms. The maximum absolute atomic E-state index is 10.8. The fourth-order valence-electron chi connectivity index (χ4n) is 1.78. The summed E-state index contributed by atoms with van der Waals surface area (Å²) in [6, 6.07) is 11.9. The van der Waals surface area contributed by atoms with Gasteiger partial charge in [-0.3, -0.25) is 4.79 Å². The van der Waals surface area contributed by atoms with Crippen LogP contribution in [0, 0.1) is 0 Å². The van der Waals surface area contributed by atoms with Gasteiger partial charge in [0, 0.05) is 9.78 Å². The Labute approximate surface area is 134 Å². The number of thiophene rings is 1. The van der Waals surface area contributed by atoms with E-state index < -0.39 is 5.97 Å². The number of thiazole rings is 1. The molecule has 3 rings (SSSR count). The molecule has 3 aromatic rings. The highest BCUT2D eigenvalue weighted by molar-refractivity contribution is 8.09. The second kappa shape index (κ2) is 6.43. The number of benzene rings is 1. The number of hydrogen-bond acceptors (Lipinski definition) is 5. The number of para-hydroxylation sites is 1. The molecule has 0 aliphatic carbocycles. The number of carboxylic acids is 1. The molecule has 2 aromatic heterocycles. The Kier molecular flexibility index (Phi) is 4.38. The highest BCUT2D eigenvalue weighted by atomic mass is 32.2. The lowest BCUT2D eigenvalue weighted by Gasteiger charge is -2.01. The summed E-state index contributed by atoms with van der Waals surface area (Å²) in [6.07, 6.45) is 2.01. The van der Waals surface area contributed by atoms with Crippen LogP contribution in [0.4, 0.5) is 0 Å². The monoisotopic (exact) mass is 333 g/mol. The van der Waals surface area contributed by atoms with Gasteiger partial charge in [0.2, 0.25) is 0 Å². The van der Waals surface area contributed by atoms with Crippen molar-refractivity contribution in [2.24, 2.45) is 0 Å². The van der Waals surface area contributed by atoms with E-state index in [9.17, 15) is 4.79 Å². The summed E-state index contributed by atoms with van der Waals surface area (Å²) in [5.41, 5.74) is 0.950. The minimum atomic E-state index is -0.821. The molecule has 0 bridgehead atoms. The third kappa shape index (κ3) is 3.53. The predicted molar refractivity (Wildman–Crippen MR) is 91.9 cm³/mol. The molecular weight excluding hydrogens is 322 g/mol. The van der Waals surface area contributed by atoms with Crippen molar-refractivity contribution in [2.75, 3.05) is 5.75 Å². The second-order valence-corrected chi connectivity index (χ2v) is 7.22. The smallest absolute Gasteiger partial charge is 0.313 e. The molecule has 3 nitrogen and oxygen atoms in total. The van der Waals surface area contributed by atoms with Gasteiger partial charge in [0.1, 0.15) is 5.01 Å². The van der Waals surface area contributed by atoms with Crippen molar-refractivity contribution in [3.63, 3.8) is 0 Å². The van der Waals surface area contributed by atoms with Crippen molar-refractivity contribution in [1.29, 1.82) is 0 Å². The highest BCUT2D eigenvalue weighted by Crippen LogP contribution is 2.35. The first kappa shape index (κ1) is 14.3. The molecule has 106 valence electrons. The summed E-state index contributed by atoms with van der Waals surface area (Å²) in [5, 5.41) is 11.8. The lowest BCUT2D eigenvalue weighted by Crippen LogP contribution is -1.97.